The monoisotopic (exact) mass is 452 g/mol. The van der Waals surface area contributed by atoms with Crippen molar-refractivity contribution in [2.45, 2.75) is 20.3 Å². The van der Waals surface area contributed by atoms with E-state index in [1.807, 2.05) is 31.2 Å². The standard InChI is InChI=1S/C19H21IN2O3/c1-4-9-25-18-16(20)10-14(11-17(18)24-3)12-21-22-19(23)15-7-5-13(2)6-8-15/h5-8,10-12H,4,9H2,1-3H3,(H,22,23)/b21-12+. The van der Waals surface area contributed by atoms with Gasteiger partial charge in [0.15, 0.2) is 11.5 Å². The highest BCUT2D eigenvalue weighted by Crippen LogP contribution is 2.33. The molecule has 0 radical (unpaired) electrons. The van der Waals surface area contributed by atoms with Gasteiger partial charge in [-0.2, -0.15) is 5.10 Å². The van der Waals surface area contributed by atoms with E-state index in [0.29, 0.717) is 17.9 Å². The number of hydrazone groups is 1. The number of rotatable bonds is 7. The Bertz CT molecular complexity index is 758. The maximum atomic E-state index is 12.0. The third-order valence-corrected chi connectivity index (χ3v) is 4.20. The Balaban J connectivity index is 2.08. The summed E-state index contributed by atoms with van der Waals surface area (Å²) in [6.07, 6.45) is 2.51. The zero-order valence-corrected chi connectivity index (χ0v) is 16.7. The molecule has 6 heteroatoms. The van der Waals surface area contributed by atoms with Crippen LogP contribution in [0, 0.1) is 10.5 Å². The Kier molecular flexibility index (Phi) is 7.24. The van der Waals surface area contributed by atoms with Gasteiger partial charge in [-0.25, -0.2) is 5.43 Å². The number of amides is 1. The minimum absolute atomic E-state index is 0.249. The molecule has 1 N–H and O–H groups in total. The van der Waals surface area contributed by atoms with Gasteiger partial charge in [0, 0.05) is 5.56 Å². The molecule has 0 aromatic heterocycles. The molecule has 0 aliphatic carbocycles. The maximum absolute atomic E-state index is 12.0. The molecule has 0 saturated carbocycles. The first-order chi connectivity index (χ1) is 12.0. The van der Waals surface area contributed by atoms with Gasteiger partial charge in [-0.15, -0.1) is 0 Å². The summed E-state index contributed by atoms with van der Waals surface area (Å²) in [4.78, 5) is 12.0. The van der Waals surface area contributed by atoms with Gasteiger partial charge in [-0.05, 0) is 65.8 Å². The SMILES string of the molecule is CCCOc1c(I)cc(/C=N/NC(=O)c2ccc(C)cc2)cc1OC. The summed E-state index contributed by atoms with van der Waals surface area (Å²) in [6, 6.07) is 11.1. The molecule has 0 saturated heterocycles. The van der Waals surface area contributed by atoms with Gasteiger partial charge in [-0.3, -0.25) is 4.79 Å². The van der Waals surface area contributed by atoms with Crippen molar-refractivity contribution in [3.8, 4) is 11.5 Å². The summed E-state index contributed by atoms with van der Waals surface area (Å²) in [5.74, 6) is 1.12. The number of hydrogen-bond acceptors (Lipinski definition) is 4. The molecule has 0 aliphatic rings. The van der Waals surface area contributed by atoms with E-state index in [1.165, 1.54) is 0 Å². The van der Waals surface area contributed by atoms with Crippen molar-refractivity contribution in [1.82, 2.24) is 5.43 Å². The molecule has 0 unspecified atom stereocenters. The number of nitrogens with zero attached hydrogens (tertiary/aromatic N) is 1. The second kappa shape index (κ2) is 9.41. The van der Waals surface area contributed by atoms with Gasteiger partial charge < -0.3 is 9.47 Å². The average Bonchev–Trinajstić information content (AvgIpc) is 2.61. The Hall–Kier alpha value is -2.09. The van der Waals surface area contributed by atoms with Gasteiger partial charge in [0.25, 0.3) is 5.91 Å². The highest BCUT2D eigenvalue weighted by Gasteiger charge is 2.11. The molecule has 0 heterocycles. The van der Waals surface area contributed by atoms with E-state index in [9.17, 15) is 4.79 Å². The molecule has 2 rings (SSSR count). The van der Waals surface area contributed by atoms with E-state index >= 15 is 0 Å². The largest absolute Gasteiger partial charge is 0.493 e. The molecule has 132 valence electrons. The van der Waals surface area contributed by atoms with E-state index in [0.717, 1.165) is 26.9 Å². The lowest BCUT2D eigenvalue weighted by Crippen LogP contribution is -2.17. The topological polar surface area (TPSA) is 59.9 Å². The first kappa shape index (κ1) is 19.2. The highest BCUT2D eigenvalue weighted by atomic mass is 127. The van der Waals surface area contributed by atoms with E-state index < -0.39 is 0 Å². The average molecular weight is 452 g/mol. The zero-order valence-electron chi connectivity index (χ0n) is 14.5. The molecule has 1 amide bonds. The smallest absolute Gasteiger partial charge is 0.271 e. The third-order valence-electron chi connectivity index (χ3n) is 3.40. The Labute approximate surface area is 161 Å². The summed E-state index contributed by atoms with van der Waals surface area (Å²) >= 11 is 2.20. The predicted octanol–water partition coefficient (Wildman–Crippen LogP) is 4.16. The van der Waals surface area contributed by atoms with Crippen molar-refractivity contribution < 1.29 is 14.3 Å². The first-order valence-electron chi connectivity index (χ1n) is 7.95. The molecule has 0 fully saturated rings. The number of halogens is 1. The normalized spacial score (nSPS) is 10.7. The van der Waals surface area contributed by atoms with Gasteiger partial charge in [-0.1, -0.05) is 24.6 Å². The number of hydrogen-bond donors (Lipinski definition) is 1. The van der Waals surface area contributed by atoms with Gasteiger partial charge in [0.05, 0.1) is 23.5 Å². The molecule has 5 nitrogen and oxygen atoms in total. The fourth-order valence-corrected chi connectivity index (χ4v) is 2.87. The van der Waals surface area contributed by atoms with Crippen LogP contribution in [0.4, 0.5) is 0 Å². The van der Waals surface area contributed by atoms with Crippen molar-refractivity contribution in [3.05, 3.63) is 56.7 Å². The third kappa shape index (κ3) is 5.45. The van der Waals surface area contributed by atoms with Crippen molar-refractivity contribution in [2.75, 3.05) is 13.7 Å². The van der Waals surface area contributed by atoms with E-state index in [1.54, 1.807) is 25.5 Å². The number of nitrogens with one attached hydrogen (secondary N) is 1. The fourth-order valence-electron chi connectivity index (χ4n) is 2.09. The second-order valence-electron chi connectivity index (χ2n) is 5.45. The summed E-state index contributed by atoms with van der Waals surface area (Å²) in [7, 11) is 1.60. The van der Waals surface area contributed by atoms with Gasteiger partial charge in [0.1, 0.15) is 0 Å². The van der Waals surface area contributed by atoms with E-state index in [-0.39, 0.29) is 5.91 Å². The lowest BCUT2D eigenvalue weighted by Gasteiger charge is -2.12. The zero-order chi connectivity index (χ0) is 18.2. The predicted molar refractivity (Wildman–Crippen MR) is 108 cm³/mol. The van der Waals surface area contributed by atoms with E-state index in [4.69, 9.17) is 9.47 Å². The molecule has 0 bridgehead atoms. The number of benzene rings is 2. The minimum Gasteiger partial charge on any atom is -0.493 e. The number of ether oxygens (including phenoxy) is 2. The maximum Gasteiger partial charge on any atom is 0.271 e. The van der Waals surface area contributed by atoms with Crippen LogP contribution in [0.2, 0.25) is 0 Å². The summed E-state index contributed by atoms with van der Waals surface area (Å²) in [5.41, 5.74) is 5.01. The van der Waals surface area contributed by atoms with Crippen LogP contribution in [0.3, 0.4) is 0 Å². The number of aryl methyl sites for hydroxylation is 1. The fraction of sp³-hybridized carbons (Fsp3) is 0.263. The molecule has 0 aliphatic heterocycles. The van der Waals surface area contributed by atoms with Crippen molar-refractivity contribution >= 4 is 34.7 Å². The second-order valence-corrected chi connectivity index (χ2v) is 6.61. The lowest BCUT2D eigenvalue weighted by atomic mass is 10.1. The van der Waals surface area contributed by atoms with Crippen LogP contribution in [-0.2, 0) is 0 Å². The molecule has 2 aromatic rings. The minimum atomic E-state index is -0.249. The molecular formula is C19H21IN2O3. The number of carbonyl (C=O) groups is 1. The van der Waals surface area contributed by atoms with Crippen LogP contribution in [-0.4, -0.2) is 25.8 Å². The Morgan fingerprint density at radius 3 is 2.64 bits per heavy atom. The number of carbonyl (C=O) groups excluding carboxylic acids is 1. The van der Waals surface area contributed by atoms with Gasteiger partial charge in [0.2, 0.25) is 0 Å². The molecule has 0 atom stereocenters. The summed E-state index contributed by atoms with van der Waals surface area (Å²) < 4.78 is 12.0. The molecule has 25 heavy (non-hydrogen) atoms. The van der Waals surface area contributed by atoms with Gasteiger partial charge >= 0.3 is 0 Å². The van der Waals surface area contributed by atoms with E-state index in [2.05, 4.69) is 40.0 Å². The first-order valence-corrected chi connectivity index (χ1v) is 9.03. The van der Waals surface area contributed by atoms with Crippen LogP contribution < -0.4 is 14.9 Å². The Morgan fingerprint density at radius 2 is 2.00 bits per heavy atom. The van der Waals surface area contributed by atoms with Crippen LogP contribution in [0.5, 0.6) is 11.5 Å². The molecule has 0 spiro atoms. The molecular weight excluding hydrogens is 431 g/mol. The highest BCUT2D eigenvalue weighted by molar-refractivity contribution is 14.1. The van der Waals surface area contributed by atoms with Crippen LogP contribution in [0.25, 0.3) is 0 Å². The number of methoxy groups -OCH3 is 1. The summed E-state index contributed by atoms with van der Waals surface area (Å²) in [6.45, 7) is 4.66. The van der Waals surface area contributed by atoms with Crippen LogP contribution in [0.15, 0.2) is 41.5 Å². The van der Waals surface area contributed by atoms with Crippen LogP contribution in [0.1, 0.15) is 34.8 Å². The van der Waals surface area contributed by atoms with Crippen LogP contribution >= 0.6 is 22.6 Å². The lowest BCUT2D eigenvalue weighted by molar-refractivity contribution is 0.0955. The molecule has 2 aromatic carbocycles. The summed E-state index contributed by atoms with van der Waals surface area (Å²) in [5, 5.41) is 4.02. The van der Waals surface area contributed by atoms with Crippen molar-refractivity contribution in [3.63, 3.8) is 0 Å². The quantitative estimate of drug-likeness (QED) is 0.390. The van der Waals surface area contributed by atoms with Crippen molar-refractivity contribution in [1.29, 1.82) is 0 Å². The Morgan fingerprint density at radius 1 is 1.28 bits per heavy atom. The van der Waals surface area contributed by atoms with Crippen molar-refractivity contribution in [2.24, 2.45) is 5.10 Å².